The summed E-state index contributed by atoms with van der Waals surface area (Å²) >= 11 is 12.2. The number of amides is 1. The van der Waals surface area contributed by atoms with E-state index in [0.29, 0.717) is 33.8 Å². The summed E-state index contributed by atoms with van der Waals surface area (Å²) in [4.78, 5) is 22.5. The van der Waals surface area contributed by atoms with Crippen LogP contribution in [0.2, 0.25) is 10.0 Å². The number of aromatic nitrogens is 2. The van der Waals surface area contributed by atoms with Crippen LogP contribution in [-0.2, 0) is 6.54 Å². The number of halogens is 2. The van der Waals surface area contributed by atoms with Crippen molar-refractivity contribution in [2.75, 3.05) is 12.4 Å². The molecule has 0 bridgehead atoms. The first-order chi connectivity index (χ1) is 12.5. The Bertz CT molecular complexity index is 881. The number of nitrogens with zero attached hydrogens (tertiary/aromatic N) is 3. The predicted octanol–water partition coefficient (Wildman–Crippen LogP) is 4.80. The molecule has 1 heterocycles. The van der Waals surface area contributed by atoms with Gasteiger partial charge in [0, 0.05) is 26.0 Å². The number of rotatable bonds is 5. The van der Waals surface area contributed by atoms with Gasteiger partial charge in [-0.15, -0.1) is 0 Å². The van der Waals surface area contributed by atoms with Gasteiger partial charge in [0.25, 0.3) is 5.91 Å². The molecule has 1 amide bonds. The van der Waals surface area contributed by atoms with Crippen LogP contribution in [0.4, 0.5) is 11.6 Å². The van der Waals surface area contributed by atoms with E-state index in [9.17, 15) is 4.79 Å². The van der Waals surface area contributed by atoms with Crippen molar-refractivity contribution in [3.63, 3.8) is 0 Å². The fraction of sp³-hybridized carbons (Fsp3) is 0.105. The minimum atomic E-state index is -0.156. The van der Waals surface area contributed by atoms with Crippen LogP contribution < -0.4 is 5.32 Å². The molecule has 0 unspecified atom stereocenters. The third-order valence-corrected chi connectivity index (χ3v) is 4.34. The molecule has 0 aliphatic rings. The molecule has 132 valence electrons. The molecule has 2 aromatic carbocycles. The van der Waals surface area contributed by atoms with Gasteiger partial charge in [-0.3, -0.25) is 4.79 Å². The molecular weight excluding hydrogens is 371 g/mol. The summed E-state index contributed by atoms with van der Waals surface area (Å²) in [5.74, 6) is 0.151. The Morgan fingerprint density at radius 3 is 2.23 bits per heavy atom. The van der Waals surface area contributed by atoms with Crippen LogP contribution in [0.25, 0.3) is 0 Å². The van der Waals surface area contributed by atoms with E-state index in [0.717, 1.165) is 5.56 Å². The minimum absolute atomic E-state index is 0.156. The van der Waals surface area contributed by atoms with Crippen molar-refractivity contribution in [1.29, 1.82) is 0 Å². The van der Waals surface area contributed by atoms with Crippen LogP contribution in [-0.4, -0.2) is 27.8 Å². The van der Waals surface area contributed by atoms with Crippen molar-refractivity contribution in [3.8, 4) is 0 Å². The highest BCUT2D eigenvalue weighted by molar-refractivity contribution is 6.39. The smallest absolute Gasteiger partial charge is 0.257 e. The average molecular weight is 387 g/mol. The van der Waals surface area contributed by atoms with Crippen LogP contribution in [0, 0.1) is 0 Å². The SMILES string of the molecule is CN(Cc1ccccc1)C(=O)c1cnc(Nc2c(Cl)cccc2Cl)nc1. The zero-order valence-corrected chi connectivity index (χ0v) is 15.5. The van der Waals surface area contributed by atoms with Gasteiger partial charge in [-0.25, -0.2) is 9.97 Å². The lowest BCUT2D eigenvalue weighted by atomic mass is 10.2. The van der Waals surface area contributed by atoms with E-state index in [4.69, 9.17) is 23.2 Å². The molecule has 0 aliphatic carbocycles. The van der Waals surface area contributed by atoms with Gasteiger partial charge in [-0.2, -0.15) is 0 Å². The monoisotopic (exact) mass is 386 g/mol. The standard InChI is InChI=1S/C19H16Cl2N4O/c1-25(12-13-6-3-2-4-7-13)18(26)14-10-22-19(23-11-14)24-17-15(20)8-5-9-16(17)21/h2-11H,12H2,1H3,(H,22,23,24). The van der Waals surface area contributed by atoms with E-state index in [1.165, 1.54) is 12.4 Å². The summed E-state index contributed by atoms with van der Waals surface area (Å²) in [7, 11) is 1.74. The molecule has 0 saturated carbocycles. The van der Waals surface area contributed by atoms with Gasteiger partial charge < -0.3 is 10.2 Å². The van der Waals surface area contributed by atoms with Crippen molar-refractivity contribution in [1.82, 2.24) is 14.9 Å². The van der Waals surface area contributed by atoms with E-state index < -0.39 is 0 Å². The molecule has 0 spiro atoms. The fourth-order valence-electron chi connectivity index (χ4n) is 2.38. The maximum atomic E-state index is 12.5. The molecule has 1 N–H and O–H groups in total. The first-order valence-electron chi connectivity index (χ1n) is 7.87. The van der Waals surface area contributed by atoms with Gasteiger partial charge in [-0.1, -0.05) is 59.6 Å². The van der Waals surface area contributed by atoms with E-state index in [1.807, 2.05) is 30.3 Å². The first-order valence-corrected chi connectivity index (χ1v) is 8.62. The molecule has 3 aromatic rings. The van der Waals surface area contributed by atoms with Gasteiger partial charge in [-0.05, 0) is 17.7 Å². The molecule has 3 rings (SSSR count). The molecule has 0 fully saturated rings. The Labute approximate surface area is 161 Å². The van der Waals surface area contributed by atoms with Crippen LogP contribution in [0.5, 0.6) is 0 Å². The number of hydrogen-bond donors (Lipinski definition) is 1. The maximum Gasteiger partial charge on any atom is 0.257 e. The third-order valence-electron chi connectivity index (χ3n) is 3.71. The van der Waals surface area contributed by atoms with Crippen LogP contribution in [0.3, 0.4) is 0 Å². The van der Waals surface area contributed by atoms with E-state index in [1.54, 1.807) is 30.1 Å². The second-order valence-electron chi connectivity index (χ2n) is 5.66. The Kier molecular flexibility index (Phi) is 5.71. The molecule has 0 aliphatic heterocycles. The van der Waals surface area contributed by atoms with Crippen molar-refractivity contribution in [3.05, 3.63) is 82.1 Å². The van der Waals surface area contributed by atoms with Gasteiger partial charge >= 0.3 is 0 Å². The van der Waals surface area contributed by atoms with Crippen molar-refractivity contribution >= 4 is 40.7 Å². The second kappa shape index (κ2) is 8.17. The topological polar surface area (TPSA) is 58.1 Å². The maximum absolute atomic E-state index is 12.5. The number of para-hydroxylation sites is 1. The fourth-order valence-corrected chi connectivity index (χ4v) is 2.87. The van der Waals surface area contributed by atoms with Gasteiger partial charge in [0.05, 0.1) is 21.3 Å². The lowest BCUT2D eigenvalue weighted by Gasteiger charge is -2.17. The summed E-state index contributed by atoms with van der Waals surface area (Å²) in [6, 6.07) is 14.9. The molecule has 5 nitrogen and oxygen atoms in total. The summed E-state index contributed by atoms with van der Waals surface area (Å²) in [6.07, 6.45) is 2.95. The van der Waals surface area contributed by atoms with Crippen molar-refractivity contribution in [2.45, 2.75) is 6.54 Å². The summed E-state index contributed by atoms with van der Waals surface area (Å²) < 4.78 is 0. The second-order valence-corrected chi connectivity index (χ2v) is 6.48. The number of carbonyl (C=O) groups excluding carboxylic acids is 1. The highest BCUT2D eigenvalue weighted by Gasteiger charge is 2.14. The highest BCUT2D eigenvalue weighted by atomic mass is 35.5. The molecule has 7 heteroatoms. The third kappa shape index (κ3) is 4.31. The average Bonchev–Trinajstić information content (AvgIpc) is 2.65. The van der Waals surface area contributed by atoms with Gasteiger partial charge in [0.2, 0.25) is 5.95 Å². The van der Waals surface area contributed by atoms with E-state index in [2.05, 4.69) is 15.3 Å². The summed E-state index contributed by atoms with van der Waals surface area (Å²) in [6.45, 7) is 0.509. The number of carbonyl (C=O) groups is 1. The quantitative estimate of drug-likeness (QED) is 0.683. The zero-order valence-electron chi connectivity index (χ0n) is 14.0. The predicted molar refractivity (Wildman–Crippen MR) is 104 cm³/mol. The van der Waals surface area contributed by atoms with Crippen LogP contribution in [0.1, 0.15) is 15.9 Å². The lowest BCUT2D eigenvalue weighted by Crippen LogP contribution is -2.26. The summed E-state index contributed by atoms with van der Waals surface area (Å²) in [5, 5.41) is 3.89. The summed E-state index contributed by atoms with van der Waals surface area (Å²) in [5.41, 5.74) is 1.98. The number of anilines is 2. The number of benzene rings is 2. The largest absolute Gasteiger partial charge is 0.337 e. The Morgan fingerprint density at radius 2 is 1.62 bits per heavy atom. The minimum Gasteiger partial charge on any atom is -0.337 e. The van der Waals surface area contributed by atoms with Crippen molar-refractivity contribution < 1.29 is 4.79 Å². The van der Waals surface area contributed by atoms with Gasteiger partial charge in [0.1, 0.15) is 0 Å². The highest BCUT2D eigenvalue weighted by Crippen LogP contribution is 2.31. The first kappa shape index (κ1) is 18.2. The van der Waals surface area contributed by atoms with E-state index in [-0.39, 0.29) is 5.91 Å². The van der Waals surface area contributed by atoms with Gasteiger partial charge in [0.15, 0.2) is 0 Å². The molecular formula is C19H16Cl2N4O. The van der Waals surface area contributed by atoms with Crippen LogP contribution >= 0.6 is 23.2 Å². The Hall–Kier alpha value is -2.63. The Morgan fingerprint density at radius 1 is 1.00 bits per heavy atom. The molecule has 26 heavy (non-hydrogen) atoms. The zero-order chi connectivity index (χ0) is 18.5. The van der Waals surface area contributed by atoms with Crippen molar-refractivity contribution in [2.24, 2.45) is 0 Å². The normalized spacial score (nSPS) is 10.4. The lowest BCUT2D eigenvalue weighted by molar-refractivity contribution is 0.0784. The van der Waals surface area contributed by atoms with Crippen LogP contribution in [0.15, 0.2) is 60.9 Å². The molecule has 0 atom stereocenters. The number of nitrogens with one attached hydrogen (secondary N) is 1. The Balaban J connectivity index is 1.70. The molecule has 0 saturated heterocycles. The number of hydrogen-bond acceptors (Lipinski definition) is 4. The molecule has 1 aromatic heterocycles. The molecule has 0 radical (unpaired) electrons. The van der Waals surface area contributed by atoms with E-state index >= 15 is 0 Å².